The highest BCUT2D eigenvalue weighted by Gasteiger charge is 2.48. The Kier molecular flexibility index (Phi) is 8.58. The number of fused-ring (bicyclic) bond motifs is 6. The van der Waals surface area contributed by atoms with Gasteiger partial charge in [0.2, 0.25) is 0 Å². The first-order chi connectivity index (χ1) is 30.8. The molecule has 0 bridgehead atoms. The Hall–Kier alpha value is -7.79. The molecule has 2 aromatic heterocycles. The largest absolute Gasteiger partial charge is 0.208 e. The van der Waals surface area contributed by atoms with Crippen molar-refractivity contribution in [3.8, 4) is 67.5 Å². The number of benzene rings is 9. The Balaban J connectivity index is 1.14. The minimum absolute atomic E-state index is 0.629. The zero-order valence-corrected chi connectivity index (χ0v) is 34.4. The van der Waals surface area contributed by atoms with E-state index in [4.69, 9.17) is 15.0 Å². The van der Waals surface area contributed by atoms with Gasteiger partial charge >= 0.3 is 0 Å². The van der Waals surface area contributed by atoms with E-state index in [0.717, 1.165) is 32.5 Å². The molecule has 0 saturated heterocycles. The number of hydrogen-bond acceptors (Lipinski definition) is 4. The molecule has 12 rings (SSSR count). The van der Waals surface area contributed by atoms with Crippen LogP contribution in [0.5, 0.6) is 0 Å². The van der Waals surface area contributed by atoms with Crippen molar-refractivity contribution in [2.24, 2.45) is 0 Å². The minimum Gasteiger partial charge on any atom is -0.208 e. The van der Waals surface area contributed by atoms with E-state index in [1.807, 2.05) is 0 Å². The molecule has 4 heteroatoms. The summed E-state index contributed by atoms with van der Waals surface area (Å²) < 4.78 is 2.40. The van der Waals surface area contributed by atoms with Gasteiger partial charge in [0.05, 0.1) is 5.41 Å². The van der Waals surface area contributed by atoms with Gasteiger partial charge in [-0.1, -0.05) is 212 Å². The maximum absolute atomic E-state index is 5.55. The van der Waals surface area contributed by atoms with Gasteiger partial charge in [-0.15, -0.1) is 11.3 Å². The molecule has 62 heavy (non-hydrogen) atoms. The molecule has 11 aromatic rings. The van der Waals surface area contributed by atoms with E-state index < -0.39 is 5.41 Å². The van der Waals surface area contributed by atoms with Gasteiger partial charge in [-0.2, -0.15) is 0 Å². The Bertz CT molecular complexity index is 3410. The SMILES string of the molecule is c1ccc(-c2ccc(-c3ccccc3-c3nc(-c4cccc5c4C(c4ccccc4)(c4ccccc4)c4ccccc4-5)nc(-c4cccc5c4sc4ccccc45)n3)cc2)cc1. The van der Waals surface area contributed by atoms with Crippen LogP contribution in [0, 0.1) is 0 Å². The highest BCUT2D eigenvalue weighted by Crippen LogP contribution is 2.58. The van der Waals surface area contributed by atoms with Crippen molar-refractivity contribution in [3.63, 3.8) is 0 Å². The quantitative estimate of drug-likeness (QED) is 0.161. The van der Waals surface area contributed by atoms with Crippen molar-refractivity contribution in [2.75, 3.05) is 0 Å². The van der Waals surface area contributed by atoms with Gasteiger partial charge in [0.25, 0.3) is 0 Å². The molecule has 3 nitrogen and oxygen atoms in total. The van der Waals surface area contributed by atoms with Crippen LogP contribution in [0.25, 0.3) is 87.7 Å². The fraction of sp³-hybridized carbons (Fsp3) is 0.0172. The predicted octanol–water partition coefficient (Wildman–Crippen LogP) is 14.9. The molecule has 0 radical (unpaired) electrons. The standard InChI is InChI=1S/C58H37N3S/c1-4-18-38(19-5-1)39-34-36-40(37-35-39)43-24-10-11-27-48(43)55-59-56(61-57(60-55)50-31-17-29-47-45-26-13-15-33-52(45)62-54(47)50)49-30-16-28-46-44-25-12-14-32-51(44)58(53(46)49,41-20-6-2-7-21-41)42-22-8-3-9-23-42/h1-37H. The van der Waals surface area contributed by atoms with Crippen LogP contribution in [0.3, 0.4) is 0 Å². The van der Waals surface area contributed by atoms with Crippen molar-refractivity contribution in [1.29, 1.82) is 0 Å². The molecule has 9 aromatic carbocycles. The number of hydrogen-bond donors (Lipinski definition) is 0. The van der Waals surface area contributed by atoms with Gasteiger partial charge in [0.15, 0.2) is 17.5 Å². The molecule has 0 saturated carbocycles. The zero-order valence-electron chi connectivity index (χ0n) is 33.6. The van der Waals surface area contributed by atoms with Crippen molar-refractivity contribution in [2.45, 2.75) is 5.41 Å². The Morgan fingerprint density at radius 3 is 1.50 bits per heavy atom. The summed E-state index contributed by atoms with van der Waals surface area (Å²) >= 11 is 1.79. The third-order valence-corrected chi connectivity index (χ3v) is 13.7. The lowest BCUT2D eigenvalue weighted by Crippen LogP contribution is -2.29. The zero-order chi connectivity index (χ0) is 41.0. The number of aromatic nitrogens is 3. The van der Waals surface area contributed by atoms with Crippen LogP contribution < -0.4 is 0 Å². The molecule has 0 N–H and O–H groups in total. The fourth-order valence-corrected chi connectivity index (χ4v) is 11.0. The van der Waals surface area contributed by atoms with E-state index in [0.29, 0.717) is 17.5 Å². The van der Waals surface area contributed by atoms with Crippen molar-refractivity contribution < 1.29 is 0 Å². The summed E-state index contributed by atoms with van der Waals surface area (Å²) in [6, 6.07) is 80.3. The average Bonchev–Trinajstić information content (AvgIpc) is 3.89. The van der Waals surface area contributed by atoms with Crippen LogP contribution >= 0.6 is 11.3 Å². The second-order valence-electron chi connectivity index (χ2n) is 15.8. The van der Waals surface area contributed by atoms with Crippen LogP contribution in [0.15, 0.2) is 224 Å². The van der Waals surface area contributed by atoms with Gasteiger partial charge in [-0.3, -0.25) is 0 Å². The summed E-state index contributed by atoms with van der Waals surface area (Å²) in [5.74, 6) is 1.91. The predicted molar refractivity (Wildman–Crippen MR) is 257 cm³/mol. The fourth-order valence-electron chi connectivity index (χ4n) is 9.75. The molecular formula is C58H37N3S. The molecule has 0 amide bonds. The number of thiophene rings is 1. The molecule has 1 aliphatic rings. The van der Waals surface area contributed by atoms with Crippen molar-refractivity contribution in [1.82, 2.24) is 15.0 Å². The Morgan fingerprint density at radius 1 is 0.306 bits per heavy atom. The third-order valence-electron chi connectivity index (χ3n) is 12.5. The van der Waals surface area contributed by atoms with Gasteiger partial charge in [0.1, 0.15) is 0 Å². The number of rotatable bonds is 7. The van der Waals surface area contributed by atoms with E-state index in [1.165, 1.54) is 60.0 Å². The van der Waals surface area contributed by atoms with Crippen molar-refractivity contribution in [3.05, 3.63) is 247 Å². The van der Waals surface area contributed by atoms with E-state index in [1.54, 1.807) is 11.3 Å². The van der Waals surface area contributed by atoms with Crippen LogP contribution in [0.1, 0.15) is 22.3 Å². The maximum atomic E-state index is 5.55. The van der Waals surface area contributed by atoms with E-state index in [9.17, 15) is 0 Å². The summed E-state index contributed by atoms with van der Waals surface area (Å²) in [7, 11) is 0. The monoisotopic (exact) mass is 807 g/mol. The summed E-state index contributed by atoms with van der Waals surface area (Å²) in [5, 5.41) is 2.44. The molecule has 2 heterocycles. The first-order valence-electron chi connectivity index (χ1n) is 21.0. The lowest BCUT2D eigenvalue weighted by molar-refractivity contribution is 0.769. The normalized spacial score (nSPS) is 12.6. The van der Waals surface area contributed by atoms with Gasteiger partial charge in [0, 0.05) is 36.9 Å². The third kappa shape index (κ3) is 5.68. The smallest absolute Gasteiger partial charge is 0.165 e. The molecule has 0 aliphatic heterocycles. The summed E-state index contributed by atoms with van der Waals surface area (Å²) in [5.41, 5.74) is 14.0. The first kappa shape index (κ1) is 36.1. The summed E-state index contributed by atoms with van der Waals surface area (Å²) in [6.07, 6.45) is 0. The van der Waals surface area contributed by atoms with Gasteiger partial charge in [-0.05, 0) is 67.8 Å². The highest BCUT2D eigenvalue weighted by molar-refractivity contribution is 7.26. The molecule has 0 atom stereocenters. The second-order valence-corrected chi connectivity index (χ2v) is 16.9. The van der Waals surface area contributed by atoms with E-state index in [-0.39, 0.29) is 0 Å². The van der Waals surface area contributed by atoms with Crippen LogP contribution in [-0.4, -0.2) is 15.0 Å². The summed E-state index contributed by atoms with van der Waals surface area (Å²) in [4.78, 5) is 16.5. The van der Waals surface area contributed by atoms with Crippen LogP contribution in [0.2, 0.25) is 0 Å². The lowest BCUT2D eigenvalue weighted by Gasteiger charge is -2.35. The van der Waals surface area contributed by atoms with E-state index >= 15 is 0 Å². The minimum atomic E-state index is -0.637. The maximum Gasteiger partial charge on any atom is 0.165 e. The Labute approximate surface area is 364 Å². The molecule has 0 unspecified atom stereocenters. The van der Waals surface area contributed by atoms with Crippen LogP contribution in [-0.2, 0) is 5.41 Å². The highest BCUT2D eigenvalue weighted by atomic mass is 32.1. The summed E-state index contributed by atoms with van der Waals surface area (Å²) in [6.45, 7) is 0. The molecule has 0 spiro atoms. The first-order valence-corrected chi connectivity index (χ1v) is 21.8. The molecule has 290 valence electrons. The van der Waals surface area contributed by atoms with Crippen molar-refractivity contribution >= 4 is 31.5 Å². The second kappa shape index (κ2) is 14.7. The molecule has 0 fully saturated rings. The van der Waals surface area contributed by atoms with E-state index in [2.05, 4.69) is 224 Å². The van der Waals surface area contributed by atoms with Gasteiger partial charge < -0.3 is 0 Å². The topological polar surface area (TPSA) is 38.7 Å². The average molecular weight is 808 g/mol. The lowest BCUT2D eigenvalue weighted by atomic mass is 9.66. The molecular weight excluding hydrogens is 771 g/mol. The molecule has 1 aliphatic carbocycles. The van der Waals surface area contributed by atoms with Crippen LogP contribution in [0.4, 0.5) is 0 Å². The Morgan fingerprint density at radius 2 is 0.774 bits per heavy atom. The van der Waals surface area contributed by atoms with Gasteiger partial charge in [-0.25, -0.2) is 15.0 Å². The number of nitrogens with zero attached hydrogens (tertiary/aromatic N) is 3.